The zero-order chi connectivity index (χ0) is 21.1. The van der Waals surface area contributed by atoms with Gasteiger partial charge in [0.05, 0.1) is 23.5 Å². The molecule has 0 radical (unpaired) electrons. The molecule has 3 heterocycles. The van der Waals surface area contributed by atoms with E-state index in [1.165, 1.54) is 11.1 Å². The molecule has 2 atom stereocenters. The van der Waals surface area contributed by atoms with Gasteiger partial charge in [-0.1, -0.05) is 24.3 Å². The number of likely N-dealkylation sites (tertiary alicyclic amines) is 1. The van der Waals surface area contributed by atoms with Gasteiger partial charge < -0.3 is 10.8 Å². The van der Waals surface area contributed by atoms with Crippen LogP contribution in [0.25, 0.3) is 0 Å². The molecule has 4 rings (SSSR count). The number of aryl methyl sites for hydroxylation is 2. The minimum Gasteiger partial charge on any atom is -0.508 e. The Bertz CT molecular complexity index is 966. The van der Waals surface area contributed by atoms with Crippen molar-refractivity contribution in [3.05, 3.63) is 88.5 Å². The average Bonchev–Trinajstić information content (AvgIpc) is 2.75. The maximum absolute atomic E-state index is 10.4. The molecule has 1 aliphatic rings. The van der Waals surface area contributed by atoms with Crippen LogP contribution in [0.1, 0.15) is 65.0 Å². The number of pyridine rings is 2. The summed E-state index contributed by atoms with van der Waals surface area (Å²) in [6.45, 7) is 5.33. The molecule has 2 unspecified atom stereocenters. The van der Waals surface area contributed by atoms with Crippen LogP contribution in [0.15, 0.2) is 54.9 Å². The van der Waals surface area contributed by atoms with Gasteiger partial charge in [0, 0.05) is 31.0 Å². The quantitative estimate of drug-likeness (QED) is 0.645. The Kier molecular flexibility index (Phi) is 6.11. The number of rotatable bonds is 5. The number of nitrogens with two attached hydrogens (primary N) is 1. The minimum atomic E-state index is 0.211. The van der Waals surface area contributed by atoms with E-state index in [4.69, 9.17) is 15.7 Å². The standard InChI is InChI=1S/C25H30N4O/c1-17-6-4-12-27-24(17)21-8-3-9-22(25-18(2)7-5-13-28-25)29(21)16-19-10-11-20(15-26)23(30)14-19/h4-7,10-14,21-22,30H,3,8-9,15-16,26H2,1-2H3. The summed E-state index contributed by atoms with van der Waals surface area (Å²) in [5, 5.41) is 10.4. The zero-order valence-electron chi connectivity index (χ0n) is 17.8. The Hall–Kier alpha value is -2.76. The lowest BCUT2D eigenvalue weighted by Gasteiger charge is -2.42. The second-order valence-corrected chi connectivity index (χ2v) is 8.21. The van der Waals surface area contributed by atoms with Gasteiger partial charge in [0.1, 0.15) is 5.75 Å². The molecule has 2 aromatic heterocycles. The SMILES string of the molecule is Cc1cccnc1C1CCCC(c2ncccc2C)N1Cc1ccc(CN)c(O)c1. The number of aromatic nitrogens is 2. The van der Waals surface area contributed by atoms with E-state index in [1.54, 1.807) is 0 Å². The molecule has 1 aliphatic heterocycles. The largest absolute Gasteiger partial charge is 0.508 e. The Morgan fingerprint density at radius 2 is 1.57 bits per heavy atom. The predicted molar refractivity (Wildman–Crippen MR) is 119 cm³/mol. The Morgan fingerprint density at radius 1 is 0.967 bits per heavy atom. The number of hydrogen-bond donors (Lipinski definition) is 2. The van der Waals surface area contributed by atoms with E-state index in [2.05, 4.69) is 36.9 Å². The molecule has 0 aliphatic carbocycles. The first-order chi connectivity index (χ1) is 14.6. The summed E-state index contributed by atoms with van der Waals surface area (Å²) in [6, 6.07) is 14.5. The Morgan fingerprint density at radius 3 is 2.07 bits per heavy atom. The molecule has 0 bridgehead atoms. The summed E-state index contributed by atoms with van der Waals surface area (Å²) in [7, 11) is 0. The molecule has 30 heavy (non-hydrogen) atoms. The molecule has 1 fully saturated rings. The number of hydrogen-bond acceptors (Lipinski definition) is 5. The Balaban J connectivity index is 1.75. The molecule has 5 heteroatoms. The van der Waals surface area contributed by atoms with Crippen molar-refractivity contribution in [3.63, 3.8) is 0 Å². The molecule has 5 nitrogen and oxygen atoms in total. The van der Waals surface area contributed by atoms with Crippen LogP contribution in [0.2, 0.25) is 0 Å². The highest BCUT2D eigenvalue weighted by molar-refractivity contribution is 5.37. The lowest BCUT2D eigenvalue weighted by Crippen LogP contribution is -2.37. The van der Waals surface area contributed by atoms with Crippen LogP contribution in [-0.2, 0) is 13.1 Å². The molecule has 0 amide bonds. The summed E-state index contributed by atoms with van der Waals surface area (Å²) >= 11 is 0. The summed E-state index contributed by atoms with van der Waals surface area (Å²) in [4.78, 5) is 12.0. The molecule has 0 spiro atoms. The Labute approximate surface area is 178 Å². The predicted octanol–water partition coefficient (Wildman–Crippen LogP) is 4.73. The van der Waals surface area contributed by atoms with E-state index in [0.717, 1.165) is 48.3 Å². The van der Waals surface area contributed by atoms with Gasteiger partial charge in [-0.2, -0.15) is 0 Å². The van der Waals surface area contributed by atoms with Crippen molar-refractivity contribution < 1.29 is 5.11 Å². The third-order valence-electron chi connectivity index (χ3n) is 6.22. The van der Waals surface area contributed by atoms with Crippen LogP contribution >= 0.6 is 0 Å². The second-order valence-electron chi connectivity index (χ2n) is 8.21. The molecule has 1 saturated heterocycles. The first-order valence-corrected chi connectivity index (χ1v) is 10.7. The second kappa shape index (κ2) is 8.94. The third kappa shape index (κ3) is 4.09. The van der Waals surface area contributed by atoms with Gasteiger partial charge in [-0.3, -0.25) is 14.9 Å². The van der Waals surface area contributed by atoms with Crippen molar-refractivity contribution in [2.45, 2.75) is 58.3 Å². The summed E-state index contributed by atoms with van der Waals surface area (Å²) in [6.07, 6.45) is 7.03. The maximum atomic E-state index is 10.4. The first-order valence-electron chi connectivity index (χ1n) is 10.7. The van der Waals surface area contributed by atoms with Crippen molar-refractivity contribution in [2.75, 3.05) is 0 Å². The van der Waals surface area contributed by atoms with Crippen LogP contribution in [0.4, 0.5) is 0 Å². The zero-order valence-corrected chi connectivity index (χ0v) is 17.8. The monoisotopic (exact) mass is 402 g/mol. The van der Waals surface area contributed by atoms with Crippen LogP contribution in [-0.4, -0.2) is 20.0 Å². The fourth-order valence-corrected chi connectivity index (χ4v) is 4.65. The number of phenols is 1. The van der Waals surface area contributed by atoms with E-state index < -0.39 is 0 Å². The highest BCUT2D eigenvalue weighted by Gasteiger charge is 2.35. The topological polar surface area (TPSA) is 75.3 Å². The summed E-state index contributed by atoms with van der Waals surface area (Å²) in [5.74, 6) is 0.267. The fraction of sp³-hybridized carbons (Fsp3) is 0.360. The van der Waals surface area contributed by atoms with Crippen molar-refractivity contribution in [1.29, 1.82) is 0 Å². The minimum absolute atomic E-state index is 0.211. The summed E-state index contributed by atoms with van der Waals surface area (Å²) in [5.41, 5.74) is 12.3. The van der Waals surface area contributed by atoms with Crippen LogP contribution in [0, 0.1) is 13.8 Å². The third-order valence-corrected chi connectivity index (χ3v) is 6.22. The highest BCUT2D eigenvalue weighted by Crippen LogP contribution is 2.43. The van der Waals surface area contributed by atoms with Crippen LogP contribution in [0.5, 0.6) is 5.75 Å². The molecular weight excluding hydrogens is 372 g/mol. The summed E-state index contributed by atoms with van der Waals surface area (Å²) < 4.78 is 0. The smallest absolute Gasteiger partial charge is 0.120 e. The normalized spacial score (nSPS) is 19.7. The first kappa shape index (κ1) is 20.5. The van der Waals surface area contributed by atoms with Gasteiger partial charge in [-0.05, 0) is 68.0 Å². The van der Waals surface area contributed by atoms with Crippen LogP contribution < -0.4 is 5.73 Å². The van der Waals surface area contributed by atoms with E-state index >= 15 is 0 Å². The molecular formula is C25H30N4O. The van der Waals surface area contributed by atoms with Crippen molar-refractivity contribution in [2.24, 2.45) is 5.73 Å². The number of piperidine rings is 1. The molecule has 0 saturated carbocycles. The van der Waals surface area contributed by atoms with Crippen molar-refractivity contribution >= 4 is 0 Å². The van der Waals surface area contributed by atoms with E-state index in [1.807, 2.05) is 36.7 Å². The number of aromatic hydroxyl groups is 1. The van der Waals surface area contributed by atoms with Gasteiger partial charge in [0.15, 0.2) is 0 Å². The number of benzene rings is 1. The van der Waals surface area contributed by atoms with E-state index in [0.29, 0.717) is 6.54 Å². The average molecular weight is 403 g/mol. The van der Waals surface area contributed by atoms with Gasteiger partial charge in [-0.15, -0.1) is 0 Å². The fourth-order valence-electron chi connectivity index (χ4n) is 4.65. The molecule has 3 N–H and O–H groups in total. The lowest BCUT2D eigenvalue weighted by molar-refractivity contribution is 0.0678. The van der Waals surface area contributed by atoms with Gasteiger partial charge in [-0.25, -0.2) is 0 Å². The number of phenolic OH excluding ortho intramolecular Hbond substituents is 1. The maximum Gasteiger partial charge on any atom is 0.120 e. The highest BCUT2D eigenvalue weighted by atomic mass is 16.3. The van der Waals surface area contributed by atoms with Gasteiger partial charge in [0.25, 0.3) is 0 Å². The van der Waals surface area contributed by atoms with E-state index in [9.17, 15) is 5.11 Å². The van der Waals surface area contributed by atoms with Crippen LogP contribution in [0.3, 0.4) is 0 Å². The van der Waals surface area contributed by atoms with Crippen molar-refractivity contribution in [1.82, 2.24) is 14.9 Å². The van der Waals surface area contributed by atoms with E-state index in [-0.39, 0.29) is 17.8 Å². The van der Waals surface area contributed by atoms with Crippen molar-refractivity contribution in [3.8, 4) is 5.75 Å². The van der Waals surface area contributed by atoms with Gasteiger partial charge >= 0.3 is 0 Å². The molecule has 1 aromatic carbocycles. The molecule has 3 aromatic rings. The van der Waals surface area contributed by atoms with Gasteiger partial charge in [0.2, 0.25) is 0 Å². The molecule has 156 valence electrons. The lowest BCUT2D eigenvalue weighted by atomic mass is 9.88. The number of nitrogens with zero attached hydrogens (tertiary/aromatic N) is 3.